The van der Waals surface area contributed by atoms with Crippen molar-refractivity contribution in [3.8, 4) is 11.5 Å². The highest BCUT2D eigenvalue weighted by atomic mass is 16.6. The first-order chi connectivity index (χ1) is 13.7. The fourth-order valence-electron chi connectivity index (χ4n) is 2.31. The summed E-state index contributed by atoms with van der Waals surface area (Å²) < 4.78 is 21.3. The summed E-state index contributed by atoms with van der Waals surface area (Å²) in [6, 6.07) is 13.7. The van der Waals surface area contributed by atoms with Gasteiger partial charge in [0.05, 0.1) is 0 Å². The Morgan fingerprint density at radius 2 is 1.18 bits per heavy atom. The second-order valence-corrected chi connectivity index (χ2v) is 5.61. The topological polar surface area (TPSA) is 103 Å². The zero-order chi connectivity index (χ0) is 19.6. The Morgan fingerprint density at radius 3 is 1.61 bits per heavy atom. The van der Waals surface area contributed by atoms with Gasteiger partial charge in [-0.25, -0.2) is 9.59 Å². The normalized spacial score (nSPS) is 10.3. The minimum atomic E-state index is -0.431. The van der Waals surface area contributed by atoms with Gasteiger partial charge in [-0.3, -0.25) is 0 Å². The van der Waals surface area contributed by atoms with Crippen molar-refractivity contribution >= 4 is 11.9 Å². The van der Waals surface area contributed by atoms with E-state index in [1.807, 2.05) is 0 Å². The molecule has 0 saturated carbocycles. The Labute approximate surface area is 161 Å². The van der Waals surface area contributed by atoms with Crippen molar-refractivity contribution in [2.24, 2.45) is 0 Å². The lowest BCUT2D eigenvalue weighted by molar-refractivity contribution is 0.0441. The van der Waals surface area contributed by atoms with Gasteiger partial charge in [-0.15, -0.1) is 0 Å². The number of H-pyrrole nitrogens is 2. The molecule has 0 aliphatic rings. The average molecular weight is 384 g/mol. The van der Waals surface area contributed by atoms with Crippen LogP contribution in [0.5, 0.6) is 11.5 Å². The van der Waals surface area contributed by atoms with Crippen molar-refractivity contribution in [2.75, 3.05) is 26.4 Å². The van der Waals surface area contributed by atoms with Gasteiger partial charge in [0.1, 0.15) is 49.3 Å². The molecule has 2 N–H and O–H groups in total. The molecule has 28 heavy (non-hydrogen) atoms. The monoisotopic (exact) mass is 384 g/mol. The SMILES string of the molecule is O=C(OCCOc1cccc(OCCOC(=O)c2ccc[nH]2)c1)c1ccc[nH]1. The number of hydrogen-bond donors (Lipinski definition) is 2. The van der Waals surface area contributed by atoms with Crippen LogP contribution in [0, 0.1) is 0 Å². The summed E-state index contributed by atoms with van der Waals surface area (Å²) in [6.45, 7) is 0.669. The zero-order valence-electron chi connectivity index (χ0n) is 15.1. The Kier molecular flexibility index (Phi) is 6.73. The van der Waals surface area contributed by atoms with Gasteiger partial charge in [-0.2, -0.15) is 0 Å². The van der Waals surface area contributed by atoms with Crippen molar-refractivity contribution in [1.82, 2.24) is 9.97 Å². The van der Waals surface area contributed by atoms with Gasteiger partial charge >= 0.3 is 11.9 Å². The first-order valence-corrected chi connectivity index (χ1v) is 8.69. The standard InChI is InChI=1S/C20H20N2O6/c23-19(17-6-2-8-21-17)27-12-10-25-15-4-1-5-16(14-15)26-11-13-28-20(24)18-7-3-9-22-18/h1-9,14,21-22H,10-13H2. The Hall–Kier alpha value is -3.68. The molecular formula is C20H20N2O6. The maximum absolute atomic E-state index is 11.7. The number of esters is 2. The number of hydrogen-bond acceptors (Lipinski definition) is 6. The van der Waals surface area contributed by atoms with Crippen molar-refractivity contribution in [2.45, 2.75) is 0 Å². The molecule has 3 rings (SSSR count). The van der Waals surface area contributed by atoms with Crippen molar-refractivity contribution in [3.05, 3.63) is 72.3 Å². The smallest absolute Gasteiger partial charge is 0.354 e. The van der Waals surface area contributed by atoms with Crippen LogP contribution >= 0.6 is 0 Å². The molecule has 8 nitrogen and oxygen atoms in total. The van der Waals surface area contributed by atoms with E-state index < -0.39 is 11.9 Å². The van der Waals surface area contributed by atoms with Gasteiger partial charge in [0.2, 0.25) is 0 Å². The van der Waals surface area contributed by atoms with E-state index in [0.29, 0.717) is 22.9 Å². The van der Waals surface area contributed by atoms with E-state index in [0.717, 1.165) is 0 Å². The van der Waals surface area contributed by atoms with Gasteiger partial charge in [-0.05, 0) is 36.4 Å². The van der Waals surface area contributed by atoms with Crippen molar-refractivity contribution in [3.63, 3.8) is 0 Å². The quantitative estimate of drug-likeness (QED) is 0.412. The van der Waals surface area contributed by atoms with Crippen LogP contribution in [-0.4, -0.2) is 48.3 Å². The third kappa shape index (κ3) is 5.66. The Bertz CT molecular complexity index is 805. The van der Waals surface area contributed by atoms with Gasteiger partial charge < -0.3 is 28.9 Å². The van der Waals surface area contributed by atoms with E-state index in [1.165, 1.54) is 0 Å². The van der Waals surface area contributed by atoms with Gasteiger partial charge in [0.25, 0.3) is 0 Å². The van der Waals surface area contributed by atoms with Crippen molar-refractivity contribution < 1.29 is 28.5 Å². The van der Waals surface area contributed by atoms with Crippen LogP contribution in [0.3, 0.4) is 0 Å². The van der Waals surface area contributed by atoms with E-state index in [4.69, 9.17) is 18.9 Å². The van der Waals surface area contributed by atoms with Crippen LogP contribution in [0.25, 0.3) is 0 Å². The van der Waals surface area contributed by atoms with Crippen LogP contribution in [0.1, 0.15) is 21.0 Å². The second kappa shape index (κ2) is 9.86. The molecule has 0 saturated heterocycles. The van der Waals surface area contributed by atoms with E-state index in [9.17, 15) is 9.59 Å². The van der Waals surface area contributed by atoms with E-state index >= 15 is 0 Å². The Morgan fingerprint density at radius 1 is 0.679 bits per heavy atom. The molecule has 0 aliphatic carbocycles. The minimum absolute atomic E-state index is 0.123. The summed E-state index contributed by atoms with van der Waals surface area (Å²) >= 11 is 0. The fraction of sp³-hybridized carbons (Fsp3) is 0.200. The number of rotatable bonds is 10. The molecule has 8 heteroatoms. The predicted octanol–water partition coefficient (Wildman–Crippen LogP) is 2.81. The summed E-state index contributed by atoms with van der Waals surface area (Å²) in [5, 5.41) is 0. The molecular weight excluding hydrogens is 364 g/mol. The molecule has 2 heterocycles. The number of aromatic amines is 2. The fourth-order valence-corrected chi connectivity index (χ4v) is 2.31. The average Bonchev–Trinajstić information content (AvgIpc) is 3.42. The molecule has 2 aromatic heterocycles. The number of nitrogens with one attached hydrogen (secondary N) is 2. The summed E-state index contributed by atoms with van der Waals surface area (Å²) in [6.07, 6.45) is 3.30. The molecule has 0 fully saturated rings. The number of carbonyl (C=O) groups excluding carboxylic acids is 2. The number of ether oxygens (including phenoxy) is 4. The lowest BCUT2D eigenvalue weighted by Gasteiger charge is -2.10. The molecule has 146 valence electrons. The highest BCUT2D eigenvalue weighted by molar-refractivity contribution is 5.87. The van der Waals surface area contributed by atoms with Crippen LogP contribution in [0.4, 0.5) is 0 Å². The maximum atomic E-state index is 11.7. The number of benzene rings is 1. The maximum Gasteiger partial charge on any atom is 0.354 e. The van der Waals surface area contributed by atoms with E-state index in [-0.39, 0.29) is 26.4 Å². The summed E-state index contributed by atoms with van der Waals surface area (Å²) in [7, 11) is 0. The first-order valence-electron chi connectivity index (χ1n) is 8.69. The number of carbonyl (C=O) groups is 2. The van der Waals surface area contributed by atoms with Gasteiger partial charge in [-0.1, -0.05) is 6.07 Å². The third-order valence-electron chi connectivity index (χ3n) is 3.61. The molecule has 0 spiro atoms. The first kappa shape index (κ1) is 19.1. The minimum Gasteiger partial charge on any atom is -0.490 e. The van der Waals surface area contributed by atoms with Gasteiger partial charge in [0, 0.05) is 18.5 Å². The zero-order valence-corrected chi connectivity index (χ0v) is 15.1. The highest BCUT2D eigenvalue weighted by Gasteiger charge is 2.08. The predicted molar refractivity (Wildman–Crippen MR) is 99.6 cm³/mol. The second-order valence-electron chi connectivity index (χ2n) is 5.61. The van der Waals surface area contributed by atoms with E-state index in [1.54, 1.807) is 60.9 Å². The highest BCUT2D eigenvalue weighted by Crippen LogP contribution is 2.19. The molecule has 0 unspecified atom stereocenters. The summed E-state index contributed by atoms with van der Waals surface area (Å²) in [5.74, 6) is 0.299. The third-order valence-corrected chi connectivity index (χ3v) is 3.61. The lowest BCUT2D eigenvalue weighted by atomic mass is 10.3. The van der Waals surface area contributed by atoms with Gasteiger partial charge in [0.15, 0.2) is 0 Å². The molecule has 3 aromatic rings. The van der Waals surface area contributed by atoms with Crippen LogP contribution in [-0.2, 0) is 9.47 Å². The molecule has 0 bridgehead atoms. The largest absolute Gasteiger partial charge is 0.490 e. The molecule has 0 amide bonds. The van der Waals surface area contributed by atoms with E-state index in [2.05, 4.69) is 9.97 Å². The van der Waals surface area contributed by atoms with Crippen LogP contribution in [0.2, 0.25) is 0 Å². The summed E-state index contributed by atoms with van der Waals surface area (Å²) in [5.41, 5.74) is 0.791. The van der Waals surface area contributed by atoms with Crippen molar-refractivity contribution in [1.29, 1.82) is 0 Å². The number of aromatic nitrogens is 2. The molecule has 0 atom stereocenters. The van der Waals surface area contributed by atoms with Crippen LogP contribution < -0.4 is 9.47 Å². The molecule has 0 radical (unpaired) electrons. The Balaban J connectivity index is 1.34. The summed E-state index contributed by atoms with van der Waals surface area (Å²) in [4.78, 5) is 28.9. The molecule has 0 aliphatic heterocycles. The molecule has 1 aromatic carbocycles. The van der Waals surface area contributed by atoms with Crippen LogP contribution in [0.15, 0.2) is 60.9 Å². The lowest BCUT2D eigenvalue weighted by Crippen LogP contribution is -2.13.